The monoisotopic (exact) mass is 268 g/mol. The van der Waals surface area contributed by atoms with E-state index in [2.05, 4.69) is 0 Å². The molecule has 108 valence electrons. The quantitative estimate of drug-likeness (QED) is 0.774. The van der Waals surface area contributed by atoms with Gasteiger partial charge in [0.05, 0.1) is 12.5 Å². The Morgan fingerprint density at radius 3 is 2.68 bits per heavy atom. The highest BCUT2D eigenvalue weighted by molar-refractivity contribution is 5.79. The molecule has 1 saturated heterocycles. The largest absolute Gasteiger partial charge is 0.466 e. The molecule has 0 aromatic rings. The lowest BCUT2D eigenvalue weighted by Crippen LogP contribution is -2.52. The molecule has 19 heavy (non-hydrogen) atoms. The fourth-order valence-corrected chi connectivity index (χ4v) is 2.88. The molecule has 0 bridgehead atoms. The molecule has 1 aliphatic carbocycles. The Balaban J connectivity index is 1.86. The Labute approximate surface area is 114 Å². The molecule has 0 spiro atoms. The minimum Gasteiger partial charge on any atom is -0.466 e. The maximum atomic E-state index is 12.2. The summed E-state index contributed by atoms with van der Waals surface area (Å²) in [6.07, 6.45) is 5.10. The van der Waals surface area contributed by atoms with Crippen molar-refractivity contribution in [2.75, 3.05) is 19.7 Å². The topological polar surface area (TPSA) is 72.6 Å². The van der Waals surface area contributed by atoms with Gasteiger partial charge in [-0.2, -0.15) is 0 Å². The van der Waals surface area contributed by atoms with Gasteiger partial charge in [-0.3, -0.25) is 9.59 Å². The second-order valence-electron chi connectivity index (χ2n) is 5.82. The van der Waals surface area contributed by atoms with Crippen LogP contribution in [0, 0.1) is 5.92 Å². The van der Waals surface area contributed by atoms with Crippen LogP contribution in [0.2, 0.25) is 0 Å². The predicted molar refractivity (Wildman–Crippen MR) is 71.3 cm³/mol. The van der Waals surface area contributed by atoms with E-state index in [1.54, 1.807) is 11.8 Å². The summed E-state index contributed by atoms with van der Waals surface area (Å²) in [6, 6.07) is 0. The molecule has 2 fully saturated rings. The molecular weight excluding hydrogens is 244 g/mol. The molecule has 0 aromatic carbocycles. The van der Waals surface area contributed by atoms with Crippen molar-refractivity contribution in [3.63, 3.8) is 0 Å². The summed E-state index contributed by atoms with van der Waals surface area (Å²) in [7, 11) is 0. The van der Waals surface area contributed by atoms with Crippen LogP contribution in [0.3, 0.4) is 0 Å². The lowest BCUT2D eigenvalue weighted by Gasteiger charge is -2.40. The van der Waals surface area contributed by atoms with Crippen LogP contribution in [0.5, 0.6) is 0 Å². The Morgan fingerprint density at radius 2 is 2.11 bits per heavy atom. The molecule has 1 heterocycles. The van der Waals surface area contributed by atoms with Crippen molar-refractivity contribution >= 4 is 11.9 Å². The van der Waals surface area contributed by atoms with Gasteiger partial charge >= 0.3 is 5.97 Å². The number of ether oxygens (including phenoxy) is 1. The summed E-state index contributed by atoms with van der Waals surface area (Å²) in [6.45, 7) is 3.44. The van der Waals surface area contributed by atoms with E-state index in [1.165, 1.54) is 0 Å². The van der Waals surface area contributed by atoms with E-state index in [0.29, 0.717) is 19.6 Å². The summed E-state index contributed by atoms with van der Waals surface area (Å²) in [4.78, 5) is 25.7. The Morgan fingerprint density at radius 1 is 1.37 bits per heavy atom. The van der Waals surface area contributed by atoms with Gasteiger partial charge in [-0.15, -0.1) is 0 Å². The van der Waals surface area contributed by atoms with E-state index >= 15 is 0 Å². The van der Waals surface area contributed by atoms with Crippen molar-refractivity contribution in [3.05, 3.63) is 0 Å². The number of hydrogen-bond donors (Lipinski definition) is 1. The third-order valence-corrected chi connectivity index (χ3v) is 4.25. The van der Waals surface area contributed by atoms with Crippen molar-refractivity contribution in [1.29, 1.82) is 0 Å². The number of hydrogen-bond acceptors (Lipinski definition) is 4. The third kappa shape index (κ3) is 3.47. The number of nitrogens with zero attached hydrogens (tertiary/aromatic N) is 1. The van der Waals surface area contributed by atoms with Crippen LogP contribution < -0.4 is 5.73 Å². The molecule has 1 unspecified atom stereocenters. The Bertz CT molecular complexity index is 353. The van der Waals surface area contributed by atoms with Gasteiger partial charge in [0, 0.05) is 25.0 Å². The van der Waals surface area contributed by atoms with E-state index in [0.717, 1.165) is 38.6 Å². The average Bonchev–Trinajstić information content (AvgIpc) is 2.37. The maximum Gasteiger partial charge on any atom is 0.310 e. The van der Waals surface area contributed by atoms with Gasteiger partial charge in [-0.25, -0.2) is 0 Å². The summed E-state index contributed by atoms with van der Waals surface area (Å²) in [5, 5.41) is 0. The van der Waals surface area contributed by atoms with Crippen molar-refractivity contribution in [3.8, 4) is 0 Å². The lowest BCUT2D eigenvalue weighted by molar-refractivity contribution is -0.151. The number of rotatable bonds is 4. The zero-order chi connectivity index (χ0) is 13.9. The molecule has 1 atom stereocenters. The van der Waals surface area contributed by atoms with E-state index in [-0.39, 0.29) is 23.3 Å². The molecule has 0 radical (unpaired) electrons. The van der Waals surface area contributed by atoms with Gasteiger partial charge in [-0.1, -0.05) is 0 Å². The number of likely N-dealkylation sites (tertiary alicyclic amines) is 1. The summed E-state index contributed by atoms with van der Waals surface area (Å²) in [5.41, 5.74) is 5.83. The number of piperidine rings is 1. The van der Waals surface area contributed by atoms with Gasteiger partial charge in [-0.05, 0) is 39.0 Å². The smallest absolute Gasteiger partial charge is 0.310 e. The number of carbonyl (C=O) groups is 2. The summed E-state index contributed by atoms with van der Waals surface area (Å²) >= 11 is 0. The van der Waals surface area contributed by atoms with Gasteiger partial charge in [0.1, 0.15) is 0 Å². The molecule has 1 saturated carbocycles. The maximum absolute atomic E-state index is 12.2. The van der Waals surface area contributed by atoms with Crippen LogP contribution in [-0.2, 0) is 14.3 Å². The second kappa shape index (κ2) is 5.90. The standard InChI is InChI=1S/C14H24N2O3/c1-2-19-13(18)11-5-3-8-16(10-11)12(17)9-14(15)6-4-7-14/h11H,2-10,15H2,1H3. The first kappa shape index (κ1) is 14.3. The number of nitrogens with two attached hydrogens (primary N) is 1. The third-order valence-electron chi connectivity index (χ3n) is 4.25. The molecule has 1 aliphatic heterocycles. The van der Waals surface area contributed by atoms with Crippen LogP contribution >= 0.6 is 0 Å². The van der Waals surface area contributed by atoms with Crippen LogP contribution in [0.25, 0.3) is 0 Å². The normalized spacial score (nSPS) is 25.6. The van der Waals surface area contributed by atoms with Crippen LogP contribution in [-0.4, -0.2) is 42.0 Å². The Kier molecular flexibility index (Phi) is 4.45. The van der Waals surface area contributed by atoms with Gasteiger partial charge in [0.2, 0.25) is 5.91 Å². The van der Waals surface area contributed by atoms with E-state index in [9.17, 15) is 9.59 Å². The van der Waals surface area contributed by atoms with Crippen molar-refractivity contribution in [2.24, 2.45) is 11.7 Å². The van der Waals surface area contributed by atoms with Gasteiger partial charge < -0.3 is 15.4 Å². The van der Waals surface area contributed by atoms with Gasteiger partial charge in [0.25, 0.3) is 0 Å². The highest BCUT2D eigenvalue weighted by Crippen LogP contribution is 2.33. The van der Waals surface area contributed by atoms with Crippen molar-refractivity contribution in [1.82, 2.24) is 4.90 Å². The minimum absolute atomic E-state index is 0.0937. The highest BCUT2D eigenvalue weighted by Gasteiger charge is 2.37. The second-order valence-corrected chi connectivity index (χ2v) is 5.82. The molecule has 2 rings (SSSR count). The summed E-state index contributed by atoms with van der Waals surface area (Å²) < 4.78 is 5.04. The highest BCUT2D eigenvalue weighted by atomic mass is 16.5. The lowest BCUT2D eigenvalue weighted by atomic mass is 9.75. The fourth-order valence-electron chi connectivity index (χ4n) is 2.88. The molecule has 2 N–H and O–H groups in total. The van der Waals surface area contributed by atoms with Gasteiger partial charge in [0.15, 0.2) is 0 Å². The Hall–Kier alpha value is -1.10. The van der Waals surface area contributed by atoms with Crippen molar-refractivity contribution in [2.45, 2.75) is 51.0 Å². The zero-order valence-electron chi connectivity index (χ0n) is 11.7. The number of amides is 1. The zero-order valence-corrected chi connectivity index (χ0v) is 11.7. The molecule has 1 amide bonds. The summed E-state index contributed by atoms with van der Waals surface area (Å²) in [5.74, 6) is -0.241. The SMILES string of the molecule is CCOC(=O)C1CCCN(C(=O)CC2(N)CCC2)C1. The van der Waals surface area contributed by atoms with Crippen molar-refractivity contribution < 1.29 is 14.3 Å². The predicted octanol–water partition coefficient (Wildman–Crippen LogP) is 1.06. The minimum atomic E-state index is -0.284. The number of esters is 1. The molecular formula is C14H24N2O3. The molecule has 5 heteroatoms. The first-order valence-corrected chi connectivity index (χ1v) is 7.27. The first-order valence-electron chi connectivity index (χ1n) is 7.27. The molecule has 0 aromatic heterocycles. The van der Waals surface area contributed by atoms with Crippen LogP contribution in [0.1, 0.15) is 45.4 Å². The first-order chi connectivity index (χ1) is 9.04. The van der Waals surface area contributed by atoms with E-state index in [4.69, 9.17) is 10.5 Å². The number of carbonyl (C=O) groups excluding carboxylic acids is 2. The van der Waals surface area contributed by atoms with E-state index < -0.39 is 0 Å². The van der Waals surface area contributed by atoms with E-state index in [1.807, 2.05) is 0 Å². The fraction of sp³-hybridized carbons (Fsp3) is 0.857. The van der Waals surface area contributed by atoms with Crippen LogP contribution in [0.4, 0.5) is 0 Å². The van der Waals surface area contributed by atoms with Crippen LogP contribution in [0.15, 0.2) is 0 Å². The molecule has 5 nitrogen and oxygen atoms in total. The molecule has 2 aliphatic rings. The average molecular weight is 268 g/mol.